The Kier molecular flexibility index (Phi) is 6.74. The fourth-order valence-corrected chi connectivity index (χ4v) is 3.65. The Morgan fingerprint density at radius 3 is 2.84 bits per heavy atom. The van der Waals surface area contributed by atoms with Crippen LogP contribution in [0, 0.1) is 0 Å². The maximum atomic E-state index is 11.8. The number of H-pyrrole nitrogens is 1. The van der Waals surface area contributed by atoms with Crippen molar-refractivity contribution < 1.29 is 4.74 Å². The Balaban J connectivity index is 1.32. The van der Waals surface area contributed by atoms with Gasteiger partial charge in [0.1, 0.15) is 5.75 Å². The predicted octanol–water partition coefficient (Wildman–Crippen LogP) is 3.17. The smallest absolute Gasteiger partial charge is 0.250 e. The maximum absolute atomic E-state index is 11.8. The summed E-state index contributed by atoms with van der Waals surface area (Å²) < 4.78 is 7.64. The Hall–Kier alpha value is -3.45. The third kappa shape index (κ3) is 5.58. The standard InChI is InChI=1S/C24H27N5O2/c1-28-23-7-6-22(14-20(23)5-8-24(28)30)31-13-3-11-29(17-21-16-26-18-27-21)12-9-19-4-2-10-25-15-19/h2,4-8,10,14-16,18H,3,9,11-13,17H2,1H3,(H,26,27). The monoisotopic (exact) mass is 417 g/mol. The van der Waals surface area contributed by atoms with E-state index in [9.17, 15) is 4.79 Å². The Labute approximate surface area is 181 Å². The number of ether oxygens (including phenoxy) is 1. The number of rotatable bonds is 10. The minimum atomic E-state index is -0.00943. The Bertz CT molecular complexity index is 1160. The van der Waals surface area contributed by atoms with E-state index in [-0.39, 0.29) is 5.56 Å². The molecule has 0 aliphatic heterocycles. The first-order valence-corrected chi connectivity index (χ1v) is 10.5. The summed E-state index contributed by atoms with van der Waals surface area (Å²) in [6, 6.07) is 13.4. The summed E-state index contributed by atoms with van der Waals surface area (Å²) in [5.41, 5.74) is 3.23. The number of fused-ring (bicyclic) bond motifs is 1. The van der Waals surface area contributed by atoms with Gasteiger partial charge in [0.05, 0.1) is 18.5 Å². The molecule has 0 aliphatic carbocycles. The first-order valence-electron chi connectivity index (χ1n) is 10.5. The summed E-state index contributed by atoms with van der Waals surface area (Å²) in [6.07, 6.45) is 9.17. The second kappa shape index (κ2) is 10.0. The highest BCUT2D eigenvalue weighted by Gasteiger charge is 2.08. The number of aromatic amines is 1. The zero-order valence-electron chi connectivity index (χ0n) is 17.7. The summed E-state index contributed by atoms with van der Waals surface area (Å²) >= 11 is 0. The largest absolute Gasteiger partial charge is 0.494 e. The molecule has 3 aromatic heterocycles. The van der Waals surface area contributed by atoms with Crippen LogP contribution < -0.4 is 10.3 Å². The molecule has 0 aliphatic rings. The summed E-state index contributed by atoms with van der Waals surface area (Å²) in [4.78, 5) is 25.7. The van der Waals surface area contributed by atoms with E-state index in [2.05, 4.69) is 25.9 Å². The molecule has 1 aromatic carbocycles. The van der Waals surface area contributed by atoms with E-state index in [1.54, 1.807) is 30.2 Å². The number of nitrogens with one attached hydrogen (secondary N) is 1. The van der Waals surface area contributed by atoms with E-state index in [0.717, 1.165) is 54.8 Å². The summed E-state index contributed by atoms with van der Waals surface area (Å²) in [5.74, 6) is 0.821. The Morgan fingerprint density at radius 2 is 2.03 bits per heavy atom. The van der Waals surface area contributed by atoms with Gasteiger partial charge in [-0.05, 0) is 48.7 Å². The molecule has 0 bridgehead atoms. The van der Waals surface area contributed by atoms with Crippen molar-refractivity contribution in [2.45, 2.75) is 19.4 Å². The molecular weight excluding hydrogens is 390 g/mol. The van der Waals surface area contributed by atoms with Crippen LogP contribution in [0.5, 0.6) is 5.75 Å². The number of hydrogen-bond donors (Lipinski definition) is 1. The zero-order valence-corrected chi connectivity index (χ0v) is 17.7. The van der Waals surface area contributed by atoms with Crippen molar-refractivity contribution in [2.75, 3.05) is 19.7 Å². The lowest BCUT2D eigenvalue weighted by molar-refractivity contribution is 0.228. The van der Waals surface area contributed by atoms with Gasteiger partial charge >= 0.3 is 0 Å². The number of benzene rings is 1. The van der Waals surface area contributed by atoms with Crippen molar-refractivity contribution >= 4 is 10.9 Å². The van der Waals surface area contributed by atoms with Crippen molar-refractivity contribution in [3.63, 3.8) is 0 Å². The van der Waals surface area contributed by atoms with Gasteiger partial charge in [-0.3, -0.25) is 14.7 Å². The molecule has 0 saturated heterocycles. The number of nitrogens with zero attached hydrogens (tertiary/aromatic N) is 4. The van der Waals surface area contributed by atoms with Crippen molar-refractivity contribution in [3.8, 4) is 5.75 Å². The highest BCUT2D eigenvalue weighted by Crippen LogP contribution is 2.19. The van der Waals surface area contributed by atoms with Crippen LogP contribution in [-0.4, -0.2) is 44.1 Å². The van der Waals surface area contributed by atoms with Gasteiger partial charge < -0.3 is 14.3 Å². The molecular formula is C24H27N5O2. The normalized spacial score (nSPS) is 11.3. The number of aryl methyl sites for hydroxylation is 1. The van der Waals surface area contributed by atoms with Crippen LogP contribution >= 0.6 is 0 Å². The van der Waals surface area contributed by atoms with Crippen molar-refractivity contribution in [3.05, 3.63) is 89.0 Å². The first-order chi connectivity index (χ1) is 15.2. The van der Waals surface area contributed by atoms with E-state index in [1.807, 2.05) is 42.7 Å². The molecule has 7 heteroatoms. The molecule has 7 nitrogen and oxygen atoms in total. The molecule has 4 aromatic rings. The van der Waals surface area contributed by atoms with Gasteiger partial charge in [-0.1, -0.05) is 6.07 Å². The summed E-state index contributed by atoms with van der Waals surface area (Å²) in [5, 5.41) is 0.997. The van der Waals surface area contributed by atoms with Crippen LogP contribution in [0.2, 0.25) is 0 Å². The lowest BCUT2D eigenvalue weighted by atomic mass is 10.2. The molecule has 31 heavy (non-hydrogen) atoms. The maximum Gasteiger partial charge on any atom is 0.250 e. The van der Waals surface area contributed by atoms with E-state index < -0.39 is 0 Å². The van der Waals surface area contributed by atoms with Crippen molar-refractivity contribution in [1.82, 2.24) is 24.4 Å². The molecule has 0 atom stereocenters. The molecule has 0 amide bonds. The van der Waals surface area contributed by atoms with E-state index >= 15 is 0 Å². The fourth-order valence-electron chi connectivity index (χ4n) is 3.65. The van der Waals surface area contributed by atoms with Gasteiger partial charge in [-0.2, -0.15) is 0 Å². The van der Waals surface area contributed by atoms with E-state index in [4.69, 9.17) is 4.74 Å². The van der Waals surface area contributed by atoms with Gasteiger partial charge in [-0.25, -0.2) is 4.98 Å². The minimum absolute atomic E-state index is 0.00943. The molecule has 160 valence electrons. The molecule has 3 heterocycles. The molecule has 0 unspecified atom stereocenters. The van der Waals surface area contributed by atoms with Gasteiger partial charge in [0.25, 0.3) is 5.56 Å². The van der Waals surface area contributed by atoms with Gasteiger partial charge in [-0.15, -0.1) is 0 Å². The third-order valence-electron chi connectivity index (χ3n) is 5.37. The number of imidazole rings is 1. The quantitative estimate of drug-likeness (QED) is 0.401. The highest BCUT2D eigenvalue weighted by atomic mass is 16.5. The molecule has 0 saturated carbocycles. The SMILES string of the molecule is Cn1c(=O)ccc2cc(OCCCN(CCc3cccnc3)Cc3cnc[nH]3)ccc21. The van der Waals surface area contributed by atoms with Crippen LogP contribution in [0.3, 0.4) is 0 Å². The lowest BCUT2D eigenvalue weighted by Gasteiger charge is -2.21. The van der Waals surface area contributed by atoms with Crippen molar-refractivity contribution in [2.24, 2.45) is 7.05 Å². The van der Waals surface area contributed by atoms with E-state index in [1.165, 1.54) is 5.56 Å². The van der Waals surface area contributed by atoms with Crippen LogP contribution in [0.1, 0.15) is 17.7 Å². The summed E-state index contributed by atoms with van der Waals surface area (Å²) in [6.45, 7) is 3.31. The number of pyridine rings is 2. The predicted molar refractivity (Wildman–Crippen MR) is 121 cm³/mol. The second-order valence-corrected chi connectivity index (χ2v) is 7.62. The highest BCUT2D eigenvalue weighted by molar-refractivity contribution is 5.80. The van der Waals surface area contributed by atoms with Gasteiger partial charge in [0.2, 0.25) is 0 Å². The van der Waals surface area contributed by atoms with Crippen molar-refractivity contribution in [1.29, 1.82) is 0 Å². The minimum Gasteiger partial charge on any atom is -0.494 e. The number of aromatic nitrogens is 4. The Morgan fingerprint density at radius 1 is 1.10 bits per heavy atom. The molecule has 0 radical (unpaired) electrons. The third-order valence-corrected chi connectivity index (χ3v) is 5.37. The molecule has 4 rings (SSSR count). The van der Waals surface area contributed by atoms with Crippen LogP contribution in [0.4, 0.5) is 0 Å². The van der Waals surface area contributed by atoms with Crippen LogP contribution in [0.25, 0.3) is 10.9 Å². The average Bonchev–Trinajstić information content (AvgIpc) is 3.31. The summed E-state index contributed by atoms with van der Waals surface area (Å²) in [7, 11) is 1.78. The van der Waals surface area contributed by atoms with Crippen LogP contribution in [0.15, 0.2) is 72.2 Å². The second-order valence-electron chi connectivity index (χ2n) is 7.62. The topological polar surface area (TPSA) is 76.0 Å². The molecule has 0 fully saturated rings. The van der Waals surface area contributed by atoms with Crippen LogP contribution in [-0.2, 0) is 20.0 Å². The lowest BCUT2D eigenvalue weighted by Crippen LogP contribution is -2.28. The number of hydrogen-bond acceptors (Lipinski definition) is 5. The van der Waals surface area contributed by atoms with Gasteiger partial charge in [0.15, 0.2) is 0 Å². The average molecular weight is 418 g/mol. The van der Waals surface area contributed by atoms with Gasteiger partial charge in [0, 0.05) is 62.4 Å². The molecule has 0 spiro atoms. The first kappa shape index (κ1) is 20.8. The molecule has 1 N–H and O–H groups in total. The zero-order chi connectivity index (χ0) is 21.5. The fraction of sp³-hybridized carbons (Fsp3) is 0.292. The van der Waals surface area contributed by atoms with E-state index in [0.29, 0.717) is 6.61 Å².